The van der Waals surface area contributed by atoms with Crippen LogP contribution in [0.1, 0.15) is 23.2 Å². The van der Waals surface area contributed by atoms with Crippen molar-refractivity contribution in [3.63, 3.8) is 0 Å². The number of amides is 1. The van der Waals surface area contributed by atoms with Crippen molar-refractivity contribution in [2.75, 3.05) is 46.2 Å². The van der Waals surface area contributed by atoms with E-state index < -0.39 is 0 Å². The number of rotatable bonds is 5. The number of hydrogen-bond donors (Lipinski definition) is 1. The lowest BCUT2D eigenvalue weighted by Crippen LogP contribution is -2.43. The molecule has 0 radical (unpaired) electrons. The van der Waals surface area contributed by atoms with Crippen LogP contribution in [-0.2, 0) is 0 Å². The number of anilines is 1. The zero-order valence-corrected chi connectivity index (χ0v) is 16.6. The van der Waals surface area contributed by atoms with Crippen molar-refractivity contribution in [2.45, 2.75) is 18.9 Å². The molecule has 0 bridgehead atoms. The van der Waals surface area contributed by atoms with Gasteiger partial charge in [0.2, 0.25) is 0 Å². The summed E-state index contributed by atoms with van der Waals surface area (Å²) in [6, 6.07) is 5.76. The minimum absolute atomic E-state index is 0.0356. The minimum Gasteiger partial charge on any atom is -0.496 e. The highest BCUT2D eigenvalue weighted by Gasteiger charge is 2.20. The molecule has 1 N–H and O–H groups in total. The van der Waals surface area contributed by atoms with Crippen LogP contribution in [0.5, 0.6) is 5.75 Å². The molecule has 1 aromatic carbocycles. The number of thiazole rings is 1. The van der Waals surface area contributed by atoms with Crippen LogP contribution < -0.4 is 15.0 Å². The van der Waals surface area contributed by atoms with E-state index >= 15 is 0 Å². The van der Waals surface area contributed by atoms with Gasteiger partial charge in [-0.15, -0.1) is 11.3 Å². The number of carbonyl (C=O) groups excluding carboxylic acids is 1. The number of nitrogens with zero attached hydrogens (tertiary/aromatic N) is 3. The second-order valence-corrected chi connectivity index (χ2v) is 7.71. The smallest absolute Gasteiger partial charge is 0.251 e. The Morgan fingerprint density at radius 3 is 2.69 bits per heavy atom. The molecule has 3 rings (SSSR count). The molecular weight excluding hydrogens is 348 g/mol. The molecular formula is C19H26N4O2S. The summed E-state index contributed by atoms with van der Waals surface area (Å²) >= 11 is 1.57. The summed E-state index contributed by atoms with van der Waals surface area (Å²) in [5, 5.41) is 6.07. The molecule has 0 aliphatic carbocycles. The molecule has 26 heavy (non-hydrogen) atoms. The molecule has 6 nitrogen and oxygen atoms in total. The lowest BCUT2D eigenvalue weighted by molar-refractivity contribution is 0.0917. The number of piperidine rings is 1. The Morgan fingerprint density at radius 1 is 1.35 bits per heavy atom. The molecule has 0 saturated carbocycles. The predicted octanol–water partition coefficient (Wildman–Crippen LogP) is 2.71. The molecule has 140 valence electrons. The average molecular weight is 375 g/mol. The van der Waals surface area contributed by atoms with Gasteiger partial charge in [-0.2, -0.15) is 0 Å². The number of likely N-dealkylation sites (tertiary alicyclic amines) is 1. The Balaban J connectivity index is 1.81. The Labute approximate surface area is 158 Å². The van der Waals surface area contributed by atoms with Crippen molar-refractivity contribution in [1.82, 2.24) is 15.2 Å². The highest BCUT2D eigenvalue weighted by molar-refractivity contribution is 7.14. The lowest BCUT2D eigenvalue weighted by Gasteiger charge is -2.29. The number of hydrogen-bond acceptors (Lipinski definition) is 6. The molecule has 1 aromatic heterocycles. The Kier molecular flexibility index (Phi) is 5.78. The van der Waals surface area contributed by atoms with Gasteiger partial charge in [0.15, 0.2) is 5.13 Å². The van der Waals surface area contributed by atoms with E-state index in [1.807, 2.05) is 42.6 Å². The van der Waals surface area contributed by atoms with Gasteiger partial charge < -0.3 is 19.9 Å². The molecule has 1 aliphatic heterocycles. The Morgan fingerprint density at radius 2 is 2.08 bits per heavy atom. The topological polar surface area (TPSA) is 57.7 Å². The van der Waals surface area contributed by atoms with Gasteiger partial charge in [0, 0.05) is 36.6 Å². The van der Waals surface area contributed by atoms with Gasteiger partial charge in [-0.25, -0.2) is 4.98 Å². The van der Waals surface area contributed by atoms with Crippen LogP contribution in [0.25, 0.3) is 11.3 Å². The van der Waals surface area contributed by atoms with Crippen LogP contribution in [0.3, 0.4) is 0 Å². The van der Waals surface area contributed by atoms with Gasteiger partial charge in [-0.3, -0.25) is 4.79 Å². The molecule has 0 spiro atoms. The quantitative estimate of drug-likeness (QED) is 0.872. The second-order valence-electron chi connectivity index (χ2n) is 6.88. The van der Waals surface area contributed by atoms with Crippen molar-refractivity contribution in [3.05, 3.63) is 29.1 Å². The van der Waals surface area contributed by atoms with Crippen LogP contribution in [-0.4, -0.2) is 63.2 Å². The number of benzene rings is 1. The fourth-order valence-electron chi connectivity index (χ4n) is 3.06. The van der Waals surface area contributed by atoms with E-state index in [0.717, 1.165) is 48.1 Å². The van der Waals surface area contributed by atoms with Crippen molar-refractivity contribution >= 4 is 22.4 Å². The second kappa shape index (κ2) is 8.05. The molecule has 1 amide bonds. The molecule has 0 unspecified atom stereocenters. The van der Waals surface area contributed by atoms with E-state index in [9.17, 15) is 4.79 Å². The summed E-state index contributed by atoms with van der Waals surface area (Å²) in [7, 11) is 7.68. The van der Waals surface area contributed by atoms with E-state index in [2.05, 4.69) is 22.2 Å². The maximum absolute atomic E-state index is 12.7. The monoisotopic (exact) mass is 374 g/mol. The fraction of sp³-hybridized carbons (Fsp3) is 0.474. The maximum atomic E-state index is 12.7. The van der Waals surface area contributed by atoms with Crippen molar-refractivity contribution in [3.8, 4) is 17.0 Å². The third-order valence-corrected chi connectivity index (χ3v) is 5.67. The van der Waals surface area contributed by atoms with E-state index in [1.165, 1.54) is 0 Å². The van der Waals surface area contributed by atoms with Gasteiger partial charge >= 0.3 is 0 Å². The van der Waals surface area contributed by atoms with Gasteiger partial charge in [0.25, 0.3) is 5.91 Å². The van der Waals surface area contributed by atoms with E-state index in [-0.39, 0.29) is 11.9 Å². The molecule has 0 atom stereocenters. The van der Waals surface area contributed by atoms with Gasteiger partial charge in [-0.1, -0.05) is 0 Å². The molecule has 1 saturated heterocycles. The number of ether oxygens (including phenoxy) is 1. The van der Waals surface area contributed by atoms with E-state index in [4.69, 9.17) is 4.74 Å². The maximum Gasteiger partial charge on any atom is 0.251 e. The summed E-state index contributed by atoms with van der Waals surface area (Å²) in [6.07, 6.45) is 1.98. The number of methoxy groups -OCH3 is 1. The highest BCUT2D eigenvalue weighted by atomic mass is 32.1. The summed E-state index contributed by atoms with van der Waals surface area (Å²) in [6.45, 7) is 2.04. The van der Waals surface area contributed by atoms with Crippen LogP contribution in [0.15, 0.2) is 23.6 Å². The third-order valence-electron chi connectivity index (χ3n) is 4.67. The largest absolute Gasteiger partial charge is 0.496 e. The zero-order valence-electron chi connectivity index (χ0n) is 15.8. The molecule has 2 heterocycles. The van der Waals surface area contributed by atoms with Gasteiger partial charge in [0.1, 0.15) is 5.75 Å². The lowest BCUT2D eigenvalue weighted by atomic mass is 10.0. The van der Waals surface area contributed by atoms with Gasteiger partial charge in [0.05, 0.1) is 12.8 Å². The number of nitrogens with one attached hydrogen (secondary N) is 1. The number of carbonyl (C=O) groups is 1. The predicted molar refractivity (Wildman–Crippen MR) is 106 cm³/mol. The Hall–Kier alpha value is -2.12. The Bertz CT molecular complexity index is 767. The van der Waals surface area contributed by atoms with Crippen LogP contribution in [0.2, 0.25) is 0 Å². The molecule has 7 heteroatoms. The third kappa shape index (κ3) is 4.16. The first kappa shape index (κ1) is 18.7. The van der Waals surface area contributed by atoms with Gasteiger partial charge in [-0.05, 0) is 51.2 Å². The first-order valence-corrected chi connectivity index (χ1v) is 9.66. The average Bonchev–Trinajstić information content (AvgIpc) is 3.13. The molecule has 1 aliphatic rings. The summed E-state index contributed by atoms with van der Waals surface area (Å²) in [5.74, 6) is 0.683. The first-order chi connectivity index (χ1) is 12.5. The highest BCUT2D eigenvalue weighted by Crippen LogP contribution is 2.33. The van der Waals surface area contributed by atoms with Crippen LogP contribution >= 0.6 is 11.3 Å². The standard InChI is InChI=1S/C19H26N4O2S/c1-22(2)19-21-16(12-26-19)15-11-13(5-6-17(15)25-4)18(24)20-14-7-9-23(3)10-8-14/h5-6,11-12,14H,7-10H2,1-4H3,(H,20,24). The van der Waals surface area contributed by atoms with Crippen LogP contribution in [0.4, 0.5) is 5.13 Å². The fourth-order valence-corrected chi connectivity index (χ4v) is 3.82. The summed E-state index contributed by atoms with van der Waals surface area (Å²) < 4.78 is 5.48. The normalized spacial score (nSPS) is 15.7. The molecule has 1 fully saturated rings. The van der Waals surface area contributed by atoms with E-state index in [0.29, 0.717) is 5.56 Å². The number of aromatic nitrogens is 1. The minimum atomic E-state index is -0.0356. The van der Waals surface area contributed by atoms with Crippen molar-refractivity contribution in [1.29, 1.82) is 0 Å². The van der Waals surface area contributed by atoms with E-state index in [1.54, 1.807) is 18.4 Å². The molecule has 2 aromatic rings. The summed E-state index contributed by atoms with van der Waals surface area (Å²) in [4.78, 5) is 21.6. The summed E-state index contributed by atoms with van der Waals surface area (Å²) in [5.41, 5.74) is 2.30. The van der Waals surface area contributed by atoms with Crippen molar-refractivity contribution < 1.29 is 9.53 Å². The zero-order chi connectivity index (χ0) is 18.7. The van der Waals surface area contributed by atoms with Crippen molar-refractivity contribution in [2.24, 2.45) is 0 Å². The SMILES string of the molecule is COc1ccc(C(=O)NC2CCN(C)CC2)cc1-c1csc(N(C)C)n1. The first-order valence-electron chi connectivity index (χ1n) is 8.78. The van der Waals surface area contributed by atoms with Crippen LogP contribution in [0, 0.1) is 0 Å².